The number of nitrogens with one attached hydrogen (secondary N) is 1. The average molecular weight is 425 g/mol. The fourth-order valence-electron chi connectivity index (χ4n) is 3.62. The van der Waals surface area contributed by atoms with Gasteiger partial charge in [0.15, 0.2) is 0 Å². The van der Waals surface area contributed by atoms with E-state index in [1.807, 2.05) is 0 Å². The molecule has 1 unspecified atom stereocenters. The molecule has 1 atom stereocenters. The fraction of sp³-hybridized carbons (Fsp3) is 0.130. The summed E-state index contributed by atoms with van der Waals surface area (Å²) in [6.07, 6.45) is 0. The molecule has 0 spiro atoms. The Kier molecular flexibility index (Phi) is 4.95. The molecule has 0 fully saturated rings. The molecule has 3 aromatic rings. The van der Waals surface area contributed by atoms with Gasteiger partial charge in [-0.3, -0.25) is 9.69 Å². The minimum atomic E-state index is -1.22. The molecule has 0 aliphatic carbocycles. The normalized spacial score (nSPS) is 17.6. The van der Waals surface area contributed by atoms with Crippen LogP contribution >= 0.6 is 11.6 Å². The van der Waals surface area contributed by atoms with Gasteiger partial charge in [0.2, 0.25) is 0 Å². The van der Waals surface area contributed by atoms with Crippen LogP contribution < -0.4 is 10.2 Å². The number of hydrogen-bond donors (Lipinski definition) is 1. The van der Waals surface area contributed by atoms with Crippen molar-refractivity contribution >= 4 is 40.5 Å². The molecule has 0 saturated heterocycles. The Bertz CT molecular complexity index is 1130. The molecule has 0 saturated carbocycles. The van der Waals surface area contributed by atoms with Crippen LogP contribution in [-0.2, 0) is 15.1 Å². The maximum atomic E-state index is 14.1. The van der Waals surface area contributed by atoms with Crippen molar-refractivity contribution in [1.82, 2.24) is 0 Å². The van der Waals surface area contributed by atoms with Crippen molar-refractivity contribution in [3.8, 4) is 0 Å². The highest BCUT2D eigenvalue weighted by Gasteiger charge is 2.48. The minimum Gasteiger partial charge on any atom is -0.465 e. The van der Waals surface area contributed by atoms with E-state index in [0.29, 0.717) is 33.2 Å². The monoisotopic (exact) mass is 424 g/mol. The molecule has 1 amide bonds. The quantitative estimate of drug-likeness (QED) is 0.579. The highest BCUT2D eigenvalue weighted by molar-refractivity contribution is 6.30. The Morgan fingerprint density at radius 1 is 1.07 bits per heavy atom. The summed E-state index contributed by atoms with van der Waals surface area (Å²) in [6.45, 7) is 1.71. The zero-order valence-electron chi connectivity index (χ0n) is 16.3. The van der Waals surface area contributed by atoms with Gasteiger partial charge in [0.05, 0.1) is 18.4 Å². The van der Waals surface area contributed by atoms with Gasteiger partial charge in [-0.2, -0.15) is 0 Å². The van der Waals surface area contributed by atoms with Crippen LogP contribution in [0.1, 0.15) is 22.8 Å². The molecule has 0 bridgehead atoms. The molecule has 1 aliphatic rings. The van der Waals surface area contributed by atoms with Crippen LogP contribution in [0.3, 0.4) is 0 Å². The summed E-state index contributed by atoms with van der Waals surface area (Å²) in [5.41, 5.74) is 1.50. The molecular weight excluding hydrogens is 407 g/mol. The molecule has 4 rings (SSSR count). The molecule has 3 aromatic carbocycles. The topological polar surface area (TPSA) is 58.6 Å². The third kappa shape index (κ3) is 3.29. The number of ether oxygens (including phenoxy) is 1. The standard InChI is InChI=1S/C23H18ClFN2O3/c1-23(26-17-8-3-14(4-9-17)21(28)30-2)19-13-16(25)7-12-20(19)27(22(23)29)18-10-5-15(24)6-11-18/h3-13,26H,1-2H3. The van der Waals surface area contributed by atoms with E-state index >= 15 is 0 Å². The van der Waals surface area contributed by atoms with Crippen molar-refractivity contribution in [1.29, 1.82) is 0 Å². The number of nitrogens with zero attached hydrogens (tertiary/aromatic N) is 1. The van der Waals surface area contributed by atoms with Gasteiger partial charge in [-0.25, -0.2) is 9.18 Å². The van der Waals surface area contributed by atoms with Gasteiger partial charge in [-0.05, 0) is 73.7 Å². The van der Waals surface area contributed by atoms with Gasteiger partial charge in [0.1, 0.15) is 11.4 Å². The lowest BCUT2D eigenvalue weighted by Gasteiger charge is -2.27. The SMILES string of the molecule is COC(=O)c1ccc(NC2(C)C(=O)N(c3ccc(Cl)cc3)c3ccc(F)cc32)cc1. The third-order valence-electron chi connectivity index (χ3n) is 5.15. The number of rotatable bonds is 4. The van der Waals surface area contributed by atoms with Crippen molar-refractivity contribution in [2.45, 2.75) is 12.5 Å². The van der Waals surface area contributed by atoms with Crippen LogP contribution in [0.15, 0.2) is 66.7 Å². The number of methoxy groups -OCH3 is 1. The van der Waals surface area contributed by atoms with E-state index < -0.39 is 17.3 Å². The maximum absolute atomic E-state index is 14.1. The van der Waals surface area contributed by atoms with E-state index in [1.54, 1.807) is 66.4 Å². The third-order valence-corrected chi connectivity index (χ3v) is 5.41. The van der Waals surface area contributed by atoms with Crippen LogP contribution in [-0.4, -0.2) is 19.0 Å². The Morgan fingerprint density at radius 2 is 1.73 bits per heavy atom. The number of fused-ring (bicyclic) bond motifs is 1. The van der Waals surface area contributed by atoms with Crippen LogP contribution in [0.25, 0.3) is 0 Å². The number of carbonyl (C=O) groups is 2. The molecule has 1 N–H and O–H groups in total. The molecule has 1 aliphatic heterocycles. The summed E-state index contributed by atoms with van der Waals surface area (Å²) in [7, 11) is 1.31. The van der Waals surface area contributed by atoms with Crippen molar-refractivity contribution in [2.75, 3.05) is 17.3 Å². The lowest BCUT2D eigenvalue weighted by atomic mass is 9.93. The summed E-state index contributed by atoms with van der Waals surface area (Å²) in [5, 5.41) is 3.76. The molecular formula is C23H18ClFN2O3. The Hall–Kier alpha value is -3.38. The molecule has 152 valence electrons. The highest BCUT2D eigenvalue weighted by Crippen LogP contribution is 2.46. The number of hydrogen-bond acceptors (Lipinski definition) is 4. The first kappa shape index (κ1) is 19.9. The Balaban J connectivity index is 1.75. The van der Waals surface area contributed by atoms with Crippen molar-refractivity contribution in [3.05, 3.63) is 88.7 Å². The number of esters is 1. The van der Waals surface area contributed by atoms with E-state index in [1.165, 1.54) is 19.2 Å². The largest absolute Gasteiger partial charge is 0.465 e. The lowest BCUT2D eigenvalue weighted by molar-refractivity contribution is -0.121. The van der Waals surface area contributed by atoms with E-state index in [4.69, 9.17) is 16.3 Å². The first-order valence-electron chi connectivity index (χ1n) is 9.20. The second-order valence-corrected chi connectivity index (χ2v) is 7.53. The fourth-order valence-corrected chi connectivity index (χ4v) is 3.74. The summed E-state index contributed by atoms with van der Waals surface area (Å²) in [6, 6.07) is 17.7. The summed E-state index contributed by atoms with van der Waals surface area (Å²) >= 11 is 5.99. The molecule has 30 heavy (non-hydrogen) atoms. The van der Waals surface area contributed by atoms with Crippen molar-refractivity contribution in [2.24, 2.45) is 0 Å². The zero-order valence-corrected chi connectivity index (χ0v) is 17.0. The Morgan fingerprint density at radius 3 is 2.37 bits per heavy atom. The van der Waals surface area contributed by atoms with E-state index in [9.17, 15) is 14.0 Å². The van der Waals surface area contributed by atoms with Gasteiger partial charge < -0.3 is 10.1 Å². The van der Waals surface area contributed by atoms with Crippen molar-refractivity contribution < 1.29 is 18.7 Å². The number of halogens is 2. The molecule has 1 heterocycles. The first-order chi connectivity index (χ1) is 14.3. The zero-order chi connectivity index (χ0) is 21.5. The molecule has 0 radical (unpaired) electrons. The van der Waals surface area contributed by atoms with Gasteiger partial charge >= 0.3 is 5.97 Å². The first-order valence-corrected chi connectivity index (χ1v) is 9.58. The minimum absolute atomic E-state index is 0.262. The Labute approximate surface area is 178 Å². The predicted molar refractivity (Wildman–Crippen MR) is 114 cm³/mol. The lowest BCUT2D eigenvalue weighted by Crippen LogP contribution is -2.42. The van der Waals surface area contributed by atoms with E-state index in [-0.39, 0.29) is 5.91 Å². The van der Waals surface area contributed by atoms with Crippen molar-refractivity contribution in [3.63, 3.8) is 0 Å². The predicted octanol–water partition coefficient (Wildman–Crippen LogP) is 5.27. The smallest absolute Gasteiger partial charge is 0.337 e. The van der Waals surface area contributed by atoms with Gasteiger partial charge in [0.25, 0.3) is 5.91 Å². The van der Waals surface area contributed by atoms with E-state index in [0.717, 1.165) is 0 Å². The summed E-state index contributed by atoms with van der Waals surface area (Å²) in [4.78, 5) is 26.7. The number of benzene rings is 3. The number of anilines is 3. The van der Waals surface area contributed by atoms with Gasteiger partial charge in [0, 0.05) is 22.0 Å². The maximum Gasteiger partial charge on any atom is 0.337 e. The number of carbonyl (C=O) groups excluding carboxylic acids is 2. The molecule has 0 aromatic heterocycles. The van der Waals surface area contributed by atoms with Gasteiger partial charge in [-0.1, -0.05) is 11.6 Å². The van der Waals surface area contributed by atoms with Crippen LogP contribution in [0, 0.1) is 5.82 Å². The molecule has 7 heteroatoms. The summed E-state index contributed by atoms with van der Waals surface area (Å²) in [5.74, 6) is -1.15. The van der Waals surface area contributed by atoms with Crippen LogP contribution in [0.5, 0.6) is 0 Å². The average Bonchev–Trinajstić information content (AvgIpc) is 2.95. The molecule has 5 nitrogen and oxygen atoms in total. The second-order valence-electron chi connectivity index (χ2n) is 7.10. The second kappa shape index (κ2) is 7.46. The van der Waals surface area contributed by atoms with Gasteiger partial charge in [-0.15, -0.1) is 0 Å². The van der Waals surface area contributed by atoms with Crippen LogP contribution in [0.2, 0.25) is 5.02 Å². The summed E-state index contributed by atoms with van der Waals surface area (Å²) < 4.78 is 18.8. The van der Waals surface area contributed by atoms with Crippen LogP contribution in [0.4, 0.5) is 21.5 Å². The number of amides is 1. The highest BCUT2D eigenvalue weighted by atomic mass is 35.5. The van der Waals surface area contributed by atoms with E-state index in [2.05, 4.69) is 5.32 Å².